The summed E-state index contributed by atoms with van der Waals surface area (Å²) in [5.41, 5.74) is 15.1. The van der Waals surface area contributed by atoms with Crippen LogP contribution in [0.2, 0.25) is 0 Å². The van der Waals surface area contributed by atoms with E-state index in [1.165, 1.54) is 65.7 Å². The number of ether oxygens (including phenoxy) is 1. The largest absolute Gasteiger partial charge is 0.457 e. The zero-order valence-corrected chi connectivity index (χ0v) is 29.5. The molecule has 248 valence electrons. The molecule has 0 N–H and O–H groups in total. The molecule has 2 heterocycles. The lowest BCUT2D eigenvalue weighted by Gasteiger charge is -2.51. The lowest BCUT2D eigenvalue weighted by atomic mass is 9.51. The molecule has 0 saturated heterocycles. The summed E-state index contributed by atoms with van der Waals surface area (Å²) in [4.78, 5) is 4.92. The summed E-state index contributed by atoms with van der Waals surface area (Å²) in [7, 11) is 0. The first-order valence-corrected chi connectivity index (χ1v) is 19.1. The van der Waals surface area contributed by atoms with E-state index in [0.29, 0.717) is 0 Å². The van der Waals surface area contributed by atoms with Gasteiger partial charge in [-0.3, -0.25) is 0 Å². The monoisotopic (exact) mass is 693 g/mol. The number of hydrogen-bond donors (Lipinski definition) is 0. The Balaban J connectivity index is 1.22. The Morgan fingerprint density at radius 1 is 0.358 bits per heavy atom. The first-order valence-electron chi connectivity index (χ1n) is 18.3. The summed E-state index contributed by atoms with van der Waals surface area (Å²) in [5, 5.41) is 0. The Kier molecular flexibility index (Phi) is 5.88. The van der Waals surface area contributed by atoms with Gasteiger partial charge in [0.05, 0.1) is 22.2 Å². The van der Waals surface area contributed by atoms with Gasteiger partial charge in [-0.2, -0.15) is 0 Å². The number of fused-ring (bicyclic) bond motifs is 17. The molecule has 12 rings (SSSR count). The van der Waals surface area contributed by atoms with Gasteiger partial charge in [-0.15, -0.1) is 0 Å². The second-order valence-electron chi connectivity index (χ2n) is 14.3. The molecule has 3 heteroatoms. The summed E-state index contributed by atoms with van der Waals surface area (Å²) in [6.45, 7) is 0. The van der Waals surface area contributed by atoms with Crippen molar-refractivity contribution in [3.63, 3.8) is 0 Å². The van der Waals surface area contributed by atoms with Gasteiger partial charge in [0.25, 0.3) is 0 Å². The minimum atomic E-state index is -0.658. The molecular formula is C50H31NOS. The highest BCUT2D eigenvalue weighted by molar-refractivity contribution is 7.99. The summed E-state index contributed by atoms with van der Waals surface area (Å²) < 4.78 is 6.92. The minimum Gasteiger partial charge on any atom is -0.457 e. The third kappa shape index (κ3) is 3.60. The fourth-order valence-electron chi connectivity index (χ4n) is 10.1. The van der Waals surface area contributed by atoms with Crippen LogP contribution in [0.5, 0.6) is 11.5 Å². The van der Waals surface area contributed by atoms with Crippen molar-refractivity contribution in [2.45, 2.75) is 20.6 Å². The van der Waals surface area contributed by atoms with Crippen molar-refractivity contribution in [3.8, 4) is 22.6 Å². The molecule has 53 heavy (non-hydrogen) atoms. The van der Waals surface area contributed by atoms with Crippen molar-refractivity contribution in [2.24, 2.45) is 0 Å². The van der Waals surface area contributed by atoms with Crippen LogP contribution >= 0.6 is 11.8 Å². The Morgan fingerprint density at radius 3 is 1.34 bits per heavy atom. The molecule has 2 aliphatic carbocycles. The van der Waals surface area contributed by atoms with E-state index >= 15 is 0 Å². The Morgan fingerprint density at radius 2 is 0.774 bits per heavy atom. The predicted octanol–water partition coefficient (Wildman–Crippen LogP) is 12.8. The Bertz CT molecular complexity index is 2690. The van der Waals surface area contributed by atoms with Crippen molar-refractivity contribution in [1.29, 1.82) is 0 Å². The molecule has 8 aromatic carbocycles. The highest BCUT2D eigenvalue weighted by atomic mass is 32.2. The lowest BCUT2D eigenvalue weighted by molar-refractivity contribution is 0.429. The van der Waals surface area contributed by atoms with Crippen LogP contribution in [0, 0.1) is 0 Å². The van der Waals surface area contributed by atoms with Crippen molar-refractivity contribution in [2.75, 3.05) is 4.90 Å². The number of nitrogens with zero attached hydrogens (tertiary/aromatic N) is 1. The van der Waals surface area contributed by atoms with Crippen molar-refractivity contribution in [1.82, 2.24) is 0 Å². The predicted molar refractivity (Wildman–Crippen MR) is 214 cm³/mol. The fraction of sp³-hybridized carbons (Fsp3) is 0.0400. The molecule has 0 fully saturated rings. The summed E-state index contributed by atoms with van der Waals surface area (Å²) in [6.07, 6.45) is 0. The second-order valence-corrected chi connectivity index (χ2v) is 15.4. The third-order valence-corrected chi connectivity index (χ3v) is 13.1. The topological polar surface area (TPSA) is 12.5 Å². The van der Waals surface area contributed by atoms with E-state index in [-0.39, 0.29) is 0 Å². The van der Waals surface area contributed by atoms with Gasteiger partial charge < -0.3 is 9.64 Å². The van der Waals surface area contributed by atoms with E-state index in [0.717, 1.165) is 28.3 Å². The van der Waals surface area contributed by atoms with Crippen LogP contribution in [-0.2, 0) is 10.8 Å². The molecule has 2 nitrogen and oxygen atoms in total. The van der Waals surface area contributed by atoms with Crippen molar-refractivity contribution >= 4 is 28.8 Å². The quantitative estimate of drug-likeness (QED) is 0.170. The van der Waals surface area contributed by atoms with Gasteiger partial charge in [-0.05, 0) is 93.0 Å². The first-order chi connectivity index (χ1) is 26.3. The van der Waals surface area contributed by atoms with Gasteiger partial charge in [0.2, 0.25) is 0 Å². The smallest absolute Gasteiger partial charge is 0.132 e. The Hall–Kier alpha value is -6.29. The van der Waals surface area contributed by atoms with Gasteiger partial charge in [-0.1, -0.05) is 151 Å². The van der Waals surface area contributed by atoms with E-state index in [1.807, 2.05) is 11.8 Å². The van der Waals surface area contributed by atoms with Crippen LogP contribution in [0.25, 0.3) is 11.1 Å². The van der Waals surface area contributed by atoms with E-state index in [9.17, 15) is 0 Å². The van der Waals surface area contributed by atoms with Gasteiger partial charge in [0, 0.05) is 26.6 Å². The molecule has 8 aromatic rings. The van der Waals surface area contributed by atoms with E-state index < -0.39 is 10.8 Å². The number of benzene rings is 8. The summed E-state index contributed by atoms with van der Waals surface area (Å²) in [6, 6.07) is 69.6. The van der Waals surface area contributed by atoms with Crippen LogP contribution in [-0.4, -0.2) is 0 Å². The maximum atomic E-state index is 6.92. The minimum absolute atomic E-state index is 0.487. The van der Waals surface area contributed by atoms with Gasteiger partial charge in [-0.25, -0.2) is 0 Å². The third-order valence-electron chi connectivity index (χ3n) is 12.0. The molecule has 2 aliphatic heterocycles. The molecular weight excluding hydrogens is 663 g/mol. The van der Waals surface area contributed by atoms with Crippen molar-refractivity contribution in [3.05, 3.63) is 233 Å². The highest BCUT2D eigenvalue weighted by Crippen LogP contribution is 2.67. The zero-order valence-electron chi connectivity index (χ0n) is 28.7. The standard InChI is InChI=1S/C50H31NOS/c1-3-17-35-33(15-1)34-16-2-4-18-36(34)49(35)37-19-5-7-21-39(37)50(40-22-8-6-20-38(40)49)41-23-9-12-26-45(41)52-46-30-29-32(31-42(46)50)51-43-24-10-13-27-47(43)53-48-28-14-11-25-44(48)51/h1-31H. The number of para-hydroxylation sites is 3. The molecule has 4 aliphatic rings. The van der Waals surface area contributed by atoms with Crippen LogP contribution in [0.3, 0.4) is 0 Å². The fourth-order valence-corrected chi connectivity index (χ4v) is 11.2. The average Bonchev–Trinajstić information content (AvgIpc) is 3.52. The highest BCUT2D eigenvalue weighted by Gasteiger charge is 2.58. The first kappa shape index (κ1) is 29.3. The van der Waals surface area contributed by atoms with E-state index in [1.54, 1.807) is 0 Å². The second kappa shape index (κ2) is 10.6. The average molecular weight is 694 g/mol. The number of hydrogen-bond acceptors (Lipinski definition) is 3. The van der Waals surface area contributed by atoms with Gasteiger partial charge in [0.1, 0.15) is 11.5 Å². The normalized spacial score (nSPS) is 15.5. The van der Waals surface area contributed by atoms with Crippen LogP contribution in [0.1, 0.15) is 44.5 Å². The maximum Gasteiger partial charge on any atom is 0.132 e. The molecule has 0 aromatic heterocycles. The molecule has 0 unspecified atom stereocenters. The van der Waals surface area contributed by atoms with Crippen LogP contribution in [0.15, 0.2) is 198 Å². The number of rotatable bonds is 1. The maximum absolute atomic E-state index is 6.92. The van der Waals surface area contributed by atoms with Crippen molar-refractivity contribution < 1.29 is 4.74 Å². The zero-order chi connectivity index (χ0) is 34.7. The SMILES string of the molecule is c1ccc2c(c1)Oc1ccc(N3c4ccccc4Sc4ccccc43)cc1C21c2ccccc2C2(c3ccccc3-c3ccccc32)c2ccccc21. The number of anilines is 3. The lowest BCUT2D eigenvalue weighted by Crippen LogP contribution is -2.45. The molecule has 0 amide bonds. The molecule has 2 spiro atoms. The Labute approximate surface area is 313 Å². The summed E-state index contributed by atoms with van der Waals surface area (Å²) in [5.74, 6) is 1.78. The molecule has 0 radical (unpaired) electrons. The molecule has 0 atom stereocenters. The molecule has 0 bridgehead atoms. The van der Waals surface area contributed by atoms with Gasteiger partial charge in [0.15, 0.2) is 0 Å². The van der Waals surface area contributed by atoms with Gasteiger partial charge >= 0.3 is 0 Å². The van der Waals surface area contributed by atoms with E-state index in [4.69, 9.17) is 4.74 Å². The summed E-state index contributed by atoms with van der Waals surface area (Å²) >= 11 is 1.84. The van der Waals surface area contributed by atoms with Crippen LogP contribution < -0.4 is 9.64 Å². The molecule has 0 saturated carbocycles. The van der Waals surface area contributed by atoms with Crippen LogP contribution in [0.4, 0.5) is 17.1 Å². The van der Waals surface area contributed by atoms with E-state index in [2.05, 4.69) is 193 Å².